The summed E-state index contributed by atoms with van der Waals surface area (Å²) in [6.07, 6.45) is 2.54. The van der Waals surface area contributed by atoms with Gasteiger partial charge in [0.1, 0.15) is 5.60 Å². The van der Waals surface area contributed by atoms with Crippen molar-refractivity contribution in [3.05, 3.63) is 71.8 Å². The molecule has 1 saturated heterocycles. The van der Waals surface area contributed by atoms with Gasteiger partial charge in [-0.3, -0.25) is 0 Å². The predicted octanol–water partition coefficient (Wildman–Crippen LogP) is 6.24. The molecule has 0 bridgehead atoms. The molecule has 1 N–H and O–H groups in total. The number of nitrogens with one attached hydrogen (secondary N) is 1. The van der Waals surface area contributed by atoms with Crippen LogP contribution < -0.4 is 5.32 Å². The molecule has 0 aliphatic carbocycles. The zero-order chi connectivity index (χ0) is 20.7. The minimum atomic E-state index is -0.507. The number of alkyl carbamates (subject to hydrolysis) is 1. The summed E-state index contributed by atoms with van der Waals surface area (Å²) in [4.78, 5) is 12.6. The van der Waals surface area contributed by atoms with E-state index in [0.717, 1.165) is 24.3 Å². The predicted molar refractivity (Wildman–Crippen MR) is 126 cm³/mol. The van der Waals surface area contributed by atoms with Gasteiger partial charge in [0.15, 0.2) is 0 Å². The van der Waals surface area contributed by atoms with E-state index in [1.807, 2.05) is 50.4 Å². The molecule has 1 atom stereocenters. The molecule has 2 aromatic rings. The summed E-state index contributed by atoms with van der Waals surface area (Å²) in [5.74, 6) is 2.29. The summed E-state index contributed by atoms with van der Waals surface area (Å²) in [6, 6.07) is 21.1. The number of hydrogen-bond donors (Lipinski definition) is 1. The molecule has 5 heteroatoms. The maximum Gasteiger partial charge on any atom is 0.407 e. The Bertz CT molecular complexity index is 768. The lowest BCUT2D eigenvalue weighted by Crippen LogP contribution is -2.43. The van der Waals surface area contributed by atoms with E-state index in [1.165, 1.54) is 17.5 Å². The molecule has 0 aromatic heterocycles. The number of ether oxygens (including phenoxy) is 1. The number of carbonyl (C=O) groups is 1. The quantitative estimate of drug-likeness (QED) is 0.590. The number of hydrogen-bond acceptors (Lipinski definition) is 4. The van der Waals surface area contributed by atoms with E-state index in [9.17, 15) is 4.79 Å². The first kappa shape index (κ1) is 22.1. The van der Waals surface area contributed by atoms with Crippen LogP contribution in [-0.4, -0.2) is 29.2 Å². The minimum absolute atomic E-state index is 0.00874. The Morgan fingerprint density at radius 3 is 2.21 bits per heavy atom. The van der Waals surface area contributed by atoms with Gasteiger partial charge in [0, 0.05) is 6.04 Å². The van der Waals surface area contributed by atoms with Crippen LogP contribution in [0.3, 0.4) is 0 Å². The maximum absolute atomic E-state index is 12.6. The SMILES string of the molecule is CC(C)(C)OC(=O)N[C@@H](Cc1ccccc1)CC1(c2ccccc2)SCCCS1. The van der Waals surface area contributed by atoms with E-state index in [1.54, 1.807) is 0 Å². The Morgan fingerprint density at radius 1 is 1.03 bits per heavy atom. The Morgan fingerprint density at radius 2 is 1.62 bits per heavy atom. The van der Waals surface area contributed by atoms with Crippen LogP contribution in [0.2, 0.25) is 0 Å². The Labute approximate surface area is 183 Å². The molecule has 0 radical (unpaired) electrons. The first-order chi connectivity index (χ1) is 13.9. The van der Waals surface area contributed by atoms with Crippen LogP contribution in [-0.2, 0) is 15.2 Å². The summed E-state index contributed by atoms with van der Waals surface area (Å²) in [5, 5.41) is 3.18. The van der Waals surface area contributed by atoms with Crippen molar-refractivity contribution in [2.75, 3.05) is 11.5 Å². The fourth-order valence-corrected chi connectivity index (χ4v) is 7.04. The Balaban J connectivity index is 1.84. The molecule has 0 saturated carbocycles. The van der Waals surface area contributed by atoms with Crippen LogP contribution in [0.15, 0.2) is 60.7 Å². The molecule has 1 aliphatic rings. The lowest BCUT2D eigenvalue weighted by atomic mass is 9.98. The summed E-state index contributed by atoms with van der Waals surface area (Å²) < 4.78 is 5.52. The van der Waals surface area contributed by atoms with Crippen molar-refractivity contribution in [3.63, 3.8) is 0 Å². The summed E-state index contributed by atoms with van der Waals surface area (Å²) in [7, 11) is 0. The van der Waals surface area contributed by atoms with E-state index < -0.39 is 5.60 Å². The van der Waals surface area contributed by atoms with Gasteiger partial charge in [0.2, 0.25) is 0 Å². The van der Waals surface area contributed by atoms with Gasteiger partial charge in [-0.2, -0.15) is 0 Å². The number of carbonyl (C=O) groups excluding carboxylic acids is 1. The molecule has 3 rings (SSSR count). The highest BCUT2D eigenvalue weighted by Gasteiger charge is 2.38. The number of amides is 1. The zero-order valence-electron chi connectivity index (χ0n) is 17.5. The molecule has 156 valence electrons. The van der Waals surface area contributed by atoms with Gasteiger partial charge in [-0.15, -0.1) is 23.5 Å². The van der Waals surface area contributed by atoms with E-state index in [4.69, 9.17) is 4.74 Å². The van der Waals surface area contributed by atoms with Gasteiger partial charge in [-0.05, 0) is 62.7 Å². The van der Waals surface area contributed by atoms with Crippen molar-refractivity contribution in [1.82, 2.24) is 5.32 Å². The van der Waals surface area contributed by atoms with Crippen LogP contribution in [0.1, 0.15) is 44.7 Å². The fraction of sp³-hybridized carbons (Fsp3) is 0.458. The van der Waals surface area contributed by atoms with Crippen molar-refractivity contribution in [2.45, 2.75) is 55.8 Å². The summed E-state index contributed by atoms with van der Waals surface area (Å²) in [5.41, 5.74) is 2.05. The first-order valence-electron chi connectivity index (χ1n) is 10.2. The van der Waals surface area contributed by atoms with Crippen molar-refractivity contribution < 1.29 is 9.53 Å². The highest BCUT2D eigenvalue weighted by Crippen LogP contribution is 2.53. The number of benzene rings is 2. The average Bonchev–Trinajstić information content (AvgIpc) is 2.68. The Kier molecular flexibility index (Phi) is 7.58. The van der Waals surface area contributed by atoms with Gasteiger partial charge in [-0.25, -0.2) is 4.79 Å². The highest BCUT2D eigenvalue weighted by molar-refractivity contribution is 8.18. The van der Waals surface area contributed by atoms with Gasteiger partial charge in [-0.1, -0.05) is 60.7 Å². The van der Waals surface area contributed by atoms with E-state index >= 15 is 0 Å². The molecule has 0 spiro atoms. The van der Waals surface area contributed by atoms with E-state index in [-0.39, 0.29) is 16.2 Å². The molecule has 0 unspecified atom stereocenters. The van der Waals surface area contributed by atoms with Crippen LogP contribution in [0.5, 0.6) is 0 Å². The largest absolute Gasteiger partial charge is 0.444 e. The second-order valence-electron chi connectivity index (χ2n) is 8.41. The molecular formula is C24H31NO2S2. The van der Waals surface area contributed by atoms with Crippen LogP contribution >= 0.6 is 23.5 Å². The lowest BCUT2D eigenvalue weighted by molar-refractivity contribution is 0.0501. The normalized spacial score (nSPS) is 17.3. The maximum atomic E-state index is 12.6. The molecule has 3 nitrogen and oxygen atoms in total. The highest BCUT2D eigenvalue weighted by atomic mass is 32.2. The van der Waals surface area contributed by atoms with Crippen molar-refractivity contribution in [1.29, 1.82) is 0 Å². The second kappa shape index (κ2) is 9.94. The molecule has 1 heterocycles. The van der Waals surface area contributed by atoms with E-state index in [2.05, 4.69) is 59.9 Å². The smallest absolute Gasteiger partial charge is 0.407 e. The third-order valence-electron chi connectivity index (χ3n) is 4.73. The molecular weight excluding hydrogens is 398 g/mol. The molecule has 1 aliphatic heterocycles. The van der Waals surface area contributed by atoms with Crippen LogP contribution in [0.25, 0.3) is 0 Å². The summed E-state index contributed by atoms with van der Waals surface area (Å²) >= 11 is 4.03. The number of rotatable bonds is 6. The van der Waals surface area contributed by atoms with Crippen molar-refractivity contribution in [2.24, 2.45) is 0 Å². The fourth-order valence-electron chi connectivity index (χ4n) is 3.54. The molecule has 1 amide bonds. The third-order valence-corrected chi connectivity index (χ3v) is 8.16. The molecule has 29 heavy (non-hydrogen) atoms. The molecule has 2 aromatic carbocycles. The monoisotopic (exact) mass is 429 g/mol. The van der Waals surface area contributed by atoms with E-state index in [0.29, 0.717) is 0 Å². The van der Waals surface area contributed by atoms with Crippen LogP contribution in [0, 0.1) is 0 Å². The topological polar surface area (TPSA) is 38.3 Å². The summed E-state index contributed by atoms with van der Waals surface area (Å²) in [6.45, 7) is 5.70. The Hall–Kier alpha value is -1.59. The lowest BCUT2D eigenvalue weighted by Gasteiger charge is -2.39. The van der Waals surface area contributed by atoms with Gasteiger partial charge in [0.05, 0.1) is 4.08 Å². The minimum Gasteiger partial charge on any atom is -0.444 e. The zero-order valence-corrected chi connectivity index (χ0v) is 19.2. The van der Waals surface area contributed by atoms with Gasteiger partial charge >= 0.3 is 6.09 Å². The standard InChI is InChI=1S/C24H31NO2S2/c1-23(2,3)27-22(26)25-21(17-19-11-6-4-7-12-19)18-24(28-15-10-16-29-24)20-13-8-5-9-14-20/h4-9,11-14,21H,10,15-18H2,1-3H3,(H,25,26)/t21-/m0/s1. The van der Waals surface area contributed by atoms with Crippen molar-refractivity contribution >= 4 is 29.6 Å². The van der Waals surface area contributed by atoms with Crippen LogP contribution in [0.4, 0.5) is 4.79 Å². The van der Waals surface area contributed by atoms with Crippen molar-refractivity contribution in [3.8, 4) is 0 Å². The van der Waals surface area contributed by atoms with Gasteiger partial charge in [0.25, 0.3) is 0 Å². The molecule has 1 fully saturated rings. The number of thioether (sulfide) groups is 2. The second-order valence-corrected chi connectivity index (χ2v) is 11.5. The van der Waals surface area contributed by atoms with Gasteiger partial charge < -0.3 is 10.1 Å². The third kappa shape index (κ3) is 6.71. The average molecular weight is 430 g/mol. The first-order valence-corrected chi connectivity index (χ1v) is 12.2.